The molecule has 172 valence electrons. The lowest BCUT2D eigenvalue weighted by Crippen LogP contribution is -2.60. The van der Waals surface area contributed by atoms with Gasteiger partial charge in [-0.3, -0.25) is 14.4 Å². The molecule has 0 aliphatic carbocycles. The predicted molar refractivity (Wildman–Crippen MR) is 129 cm³/mol. The van der Waals surface area contributed by atoms with Crippen LogP contribution in [0.15, 0.2) is 72.8 Å². The Labute approximate surface area is 197 Å². The van der Waals surface area contributed by atoms with Gasteiger partial charge < -0.3 is 19.9 Å². The van der Waals surface area contributed by atoms with Gasteiger partial charge in [0.15, 0.2) is 6.61 Å². The third kappa shape index (κ3) is 4.24. The third-order valence-electron chi connectivity index (χ3n) is 6.26. The van der Waals surface area contributed by atoms with Gasteiger partial charge in [0.05, 0.1) is 17.8 Å². The van der Waals surface area contributed by atoms with Gasteiger partial charge in [-0.15, -0.1) is 0 Å². The van der Waals surface area contributed by atoms with E-state index in [-0.39, 0.29) is 37.4 Å². The molecule has 1 unspecified atom stereocenters. The quantitative estimate of drug-likeness (QED) is 0.655. The molecule has 2 aliphatic rings. The smallest absolute Gasteiger partial charge is 0.260 e. The molecule has 0 saturated carbocycles. The first-order valence-corrected chi connectivity index (χ1v) is 11.3. The Morgan fingerprint density at radius 1 is 0.971 bits per heavy atom. The van der Waals surface area contributed by atoms with Crippen LogP contribution in [-0.4, -0.2) is 59.8 Å². The van der Waals surface area contributed by atoms with Gasteiger partial charge in [-0.25, -0.2) is 0 Å². The van der Waals surface area contributed by atoms with Crippen molar-refractivity contribution in [1.29, 1.82) is 0 Å². The maximum Gasteiger partial charge on any atom is 0.260 e. The summed E-state index contributed by atoms with van der Waals surface area (Å²) in [6.45, 7) is 2.66. The van der Waals surface area contributed by atoms with Gasteiger partial charge in [0.25, 0.3) is 11.8 Å². The highest BCUT2D eigenvalue weighted by Crippen LogP contribution is 2.30. The normalized spacial score (nSPS) is 17.4. The largest absolute Gasteiger partial charge is 0.484 e. The van der Waals surface area contributed by atoms with Crippen molar-refractivity contribution in [3.8, 4) is 16.9 Å². The average Bonchev–Trinajstić information content (AvgIpc) is 2.97. The number of anilines is 1. The number of amides is 3. The van der Waals surface area contributed by atoms with Crippen LogP contribution in [0.1, 0.15) is 15.9 Å². The molecule has 3 aromatic carbocycles. The van der Waals surface area contributed by atoms with Crippen molar-refractivity contribution in [3.63, 3.8) is 0 Å². The lowest BCUT2D eigenvalue weighted by atomic mass is 9.99. The van der Waals surface area contributed by atoms with Gasteiger partial charge in [0.2, 0.25) is 5.91 Å². The first kappa shape index (κ1) is 21.7. The molecular weight excluding hydrogens is 430 g/mol. The number of hydrogen-bond acceptors (Lipinski definition) is 4. The van der Waals surface area contributed by atoms with Crippen LogP contribution in [0.3, 0.4) is 0 Å². The predicted octanol–water partition coefficient (Wildman–Crippen LogP) is 3.35. The molecule has 2 aliphatic heterocycles. The molecule has 3 amide bonds. The number of nitrogens with zero attached hydrogens (tertiary/aromatic N) is 2. The van der Waals surface area contributed by atoms with Gasteiger partial charge >= 0.3 is 0 Å². The van der Waals surface area contributed by atoms with Crippen molar-refractivity contribution in [2.75, 3.05) is 31.6 Å². The van der Waals surface area contributed by atoms with E-state index in [4.69, 9.17) is 4.74 Å². The molecule has 34 heavy (non-hydrogen) atoms. The minimum absolute atomic E-state index is 0.119. The summed E-state index contributed by atoms with van der Waals surface area (Å²) in [4.78, 5) is 42.4. The second kappa shape index (κ2) is 9.02. The summed E-state index contributed by atoms with van der Waals surface area (Å²) < 4.78 is 5.57. The van der Waals surface area contributed by atoms with Crippen LogP contribution in [0.2, 0.25) is 0 Å². The number of aryl methyl sites for hydroxylation is 1. The molecule has 7 nitrogen and oxygen atoms in total. The zero-order valence-corrected chi connectivity index (χ0v) is 18.9. The van der Waals surface area contributed by atoms with E-state index >= 15 is 0 Å². The van der Waals surface area contributed by atoms with Crippen LogP contribution in [-0.2, 0) is 9.59 Å². The van der Waals surface area contributed by atoms with Gasteiger partial charge in [-0.2, -0.15) is 0 Å². The molecule has 0 spiro atoms. The first-order chi connectivity index (χ1) is 16.5. The number of para-hydroxylation sites is 1. The fourth-order valence-corrected chi connectivity index (χ4v) is 4.44. The molecule has 1 N–H and O–H groups in total. The minimum Gasteiger partial charge on any atom is -0.484 e. The van der Waals surface area contributed by atoms with E-state index < -0.39 is 6.04 Å². The van der Waals surface area contributed by atoms with Crippen LogP contribution in [0.5, 0.6) is 5.75 Å². The van der Waals surface area contributed by atoms with Gasteiger partial charge in [-0.05, 0) is 42.3 Å². The lowest BCUT2D eigenvalue weighted by Gasteiger charge is -2.39. The average molecular weight is 456 g/mol. The van der Waals surface area contributed by atoms with E-state index in [0.29, 0.717) is 23.5 Å². The van der Waals surface area contributed by atoms with Crippen molar-refractivity contribution >= 4 is 23.4 Å². The molecule has 0 bridgehead atoms. The third-order valence-corrected chi connectivity index (χ3v) is 6.26. The summed E-state index contributed by atoms with van der Waals surface area (Å²) in [5.74, 6) is -0.110. The van der Waals surface area contributed by atoms with Crippen LogP contribution in [0.4, 0.5) is 5.69 Å². The number of nitrogens with one attached hydrogen (secondary N) is 1. The van der Waals surface area contributed by atoms with Gasteiger partial charge in [0.1, 0.15) is 11.8 Å². The fourth-order valence-electron chi connectivity index (χ4n) is 4.44. The van der Waals surface area contributed by atoms with E-state index in [9.17, 15) is 14.4 Å². The molecule has 1 saturated heterocycles. The first-order valence-electron chi connectivity index (χ1n) is 11.3. The van der Waals surface area contributed by atoms with Gasteiger partial charge in [-0.1, -0.05) is 54.1 Å². The summed E-state index contributed by atoms with van der Waals surface area (Å²) in [6.07, 6.45) is 0. The Morgan fingerprint density at radius 2 is 1.76 bits per heavy atom. The van der Waals surface area contributed by atoms with E-state index in [0.717, 1.165) is 16.7 Å². The van der Waals surface area contributed by atoms with Crippen molar-refractivity contribution in [3.05, 3.63) is 83.9 Å². The molecule has 0 radical (unpaired) electrons. The second-order valence-corrected chi connectivity index (χ2v) is 8.57. The van der Waals surface area contributed by atoms with Crippen LogP contribution >= 0.6 is 0 Å². The Balaban J connectivity index is 1.33. The van der Waals surface area contributed by atoms with Crippen molar-refractivity contribution < 1.29 is 19.1 Å². The number of benzene rings is 3. The molecule has 7 heteroatoms. The highest BCUT2D eigenvalue weighted by molar-refractivity contribution is 6.10. The number of hydrogen-bond donors (Lipinski definition) is 1. The minimum atomic E-state index is -0.753. The highest BCUT2D eigenvalue weighted by atomic mass is 16.5. The van der Waals surface area contributed by atoms with E-state index in [1.165, 1.54) is 0 Å². The molecule has 1 fully saturated rings. The van der Waals surface area contributed by atoms with Crippen LogP contribution < -0.4 is 10.1 Å². The summed E-state index contributed by atoms with van der Waals surface area (Å²) in [6, 6.07) is 21.9. The zero-order valence-electron chi connectivity index (χ0n) is 18.9. The highest BCUT2D eigenvalue weighted by Gasteiger charge is 2.40. The molecular formula is C27H25N3O4. The zero-order chi connectivity index (χ0) is 23.7. The number of carbonyl (C=O) groups excluding carboxylic acids is 3. The Bertz CT molecular complexity index is 1260. The standard InChI is InChI=1S/C27H25N3O4/c1-18-6-5-7-19(14-18)20-10-11-23-22(15-20)27(33)30-13-12-29(16-24(30)26(32)28-23)25(31)17-34-21-8-3-2-4-9-21/h2-11,14-15,24H,12-13,16-17H2,1H3,(H,28,32). The van der Waals surface area contributed by atoms with E-state index in [1.54, 1.807) is 28.0 Å². The van der Waals surface area contributed by atoms with Crippen LogP contribution in [0.25, 0.3) is 11.1 Å². The summed E-state index contributed by atoms with van der Waals surface area (Å²) >= 11 is 0. The summed E-state index contributed by atoms with van der Waals surface area (Å²) in [5.41, 5.74) is 4.00. The Morgan fingerprint density at radius 3 is 2.56 bits per heavy atom. The Kier molecular flexibility index (Phi) is 5.76. The topological polar surface area (TPSA) is 79.0 Å². The monoisotopic (exact) mass is 455 g/mol. The number of piperazine rings is 1. The second-order valence-electron chi connectivity index (χ2n) is 8.57. The van der Waals surface area contributed by atoms with E-state index in [1.807, 2.05) is 55.5 Å². The molecule has 5 rings (SSSR count). The maximum atomic E-state index is 13.5. The van der Waals surface area contributed by atoms with E-state index in [2.05, 4.69) is 11.4 Å². The Hall–Kier alpha value is -4.13. The van der Waals surface area contributed by atoms with Gasteiger partial charge in [0, 0.05) is 13.1 Å². The summed E-state index contributed by atoms with van der Waals surface area (Å²) in [7, 11) is 0. The van der Waals surface area contributed by atoms with Crippen LogP contribution in [0, 0.1) is 6.92 Å². The number of fused-ring (bicyclic) bond motifs is 2. The molecule has 2 heterocycles. The number of carbonyl (C=O) groups is 3. The SMILES string of the molecule is Cc1cccc(-c2ccc3c(c2)C(=O)N2CCN(C(=O)COc4ccccc4)CC2C(=O)N3)c1. The number of rotatable bonds is 4. The number of ether oxygens (including phenoxy) is 1. The molecule has 0 aromatic heterocycles. The molecule has 3 aromatic rings. The van der Waals surface area contributed by atoms with Crippen molar-refractivity contribution in [2.24, 2.45) is 0 Å². The maximum absolute atomic E-state index is 13.5. The van der Waals surface area contributed by atoms with Crippen molar-refractivity contribution in [2.45, 2.75) is 13.0 Å². The molecule has 1 atom stereocenters. The lowest BCUT2D eigenvalue weighted by molar-refractivity contribution is -0.137. The van der Waals surface area contributed by atoms with Crippen molar-refractivity contribution in [1.82, 2.24) is 9.80 Å². The summed E-state index contributed by atoms with van der Waals surface area (Å²) in [5, 5.41) is 2.89. The fraction of sp³-hybridized carbons (Fsp3) is 0.222.